The van der Waals surface area contributed by atoms with E-state index in [2.05, 4.69) is 28.2 Å². The van der Waals surface area contributed by atoms with Crippen molar-refractivity contribution < 1.29 is 4.74 Å². The monoisotopic (exact) mass is 357 g/mol. The van der Waals surface area contributed by atoms with Gasteiger partial charge in [-0.1, -0.05) is 6.92 Å². The van der Waals surface area contributed by atoms with Gasteiger partial charge in [-0.2, -0.15) is 11.8 Å². The number of anilines is 1. The number of rotatable bonds is 5. The van der Waals surface area contributed by atoms with E-state index in [9.17, 15) is 0 Å². The van der Waals surface area contributed by atoms with E-state index >= 15 is 0 Å². The molecule has 6 heteroatoms. The summed E-state index contributed by atoms with van der Waals surface area (Å²) in [6, 6.07) is 0. The number of ether oxygens (including phenoxy) is 1. The molecule has 1 saturated carbocycles. The van der Waals surface area contributed by atoms with Crippen LogP contribution in [-0.2, 0) is 4.74 Å². The topological polar surface area (TPSA) is 47.0 Å². The summed E-state index contributed by atoms with van der Waals surface area (Å²) in [4.78, 5) is 9.49. The van der Waals surface area contributed by atoms with Crippen LogP contribution in [0.5, 0.6) is 0 Å². The zero-order valence-corrected chi connectivity index (χ0v) is 14.1. The molecule has 20 heavy (non-hydrogen) atoms. The van der Waals surface area contributed by atoms with E-state index in [1.54, 1.807) is 0 Å². The third-order valence-electron chi connectivity index (χ3n) is 3.50. The number of aromatic nitrogens is 2. The van der Waals surface area contributed by atoms with Gasteiger partial charge in [0.25, 0.3) is 0 Å². The molecule has 2 aliphatic rings. The van der Waals surface area contributed by atoms with E-state index in [0.717, 1.165) is 52.9 Å². The van der Waals surface area contributed by atoms with Gasteiger partial charge < -0.3 is 10.1 Å². The van der Waals surface area contributed by atoms with Gasteiger partial charge in [-0.05, 0) is 35.2 Å². The van der Waals surface area contributed by atoms with E-state index in [1.807, 2.05) is 11.8 Å². The average molecular weight is 358 g/mol. The molecule has 0 spiro atoms. The SMILES string of the molecule is CCCNc1nc(C2CSCCO2)nc(C2CC2)c1Br. The molecular formula is C14H20BrN3OS. The van der Waals surface area contributed by atoms with Crippen LogP contribution >= 0.6 is 27.7 Å². The zero-order valence-electron chi connectivity index (χ0n) is 11.7. The summed E-state index contributed by atoms with van der Waals surface area (Å²) in [6.45, 7) is 3.89. The number of hydrogen-bond donors (Lipinski definition) is 1. The standard InChI is InChI=1S/C14H20BrN3OS/c1-2-5-16-14-11(15)12(9-3-4-9)17-13(18-14)10-8-20-7-6-19-10/h9-10H,2-8H2,1H3,(H,16,17,18). The molecule has 4 nitrogen and oxygen atoms in total. The van der Waals surface area contributed by atoms with Crippen LogP contribution < -0.4 is 5.32 Å². The predicted molar refractivity (Wildman–Crippen MR) is 86.5 cm³/mol. The van der Waals surface area contributed by atoms with Gasteiger partial charge in [-0.15, -0.1) is 0 Å². The molecule has 0 aromatic carbocycles. The molecule has 0 bridgehead atoms. The Labute approximate surface area is 132 Å². The molecule has 1 aliphatic carbocycles. The van der Waals surface area contributed by atoms with Gasteiger partial charge in [-0.25, -0.2) is 9.97 Å². The molecule has 3 rings (SSSR count). The van der Waals surface area contributed by atoms with Crippen LogP contribution in [0, 0.1) is 0 Å². The van der Waals surface area contributed by atoms with Crippen molar-refractivity contribution in [1.82, 2.24) is 9.97 Å². The molecule has 1 aliphatic heterocycles. The maximum atomic E-state index is 5.83. The van der Waals surface area contributed by atoms with Crippen molar-refractivity contribution in [1.29, 1.82) is 0 Å². The van der Waals surface area contributed by atoms with Gasteiger partial charge in [0.1, 0.15) is 11.9 Å². The lowest BCUT2D eigenvalue weighted by molar-refractivity contribution is 0.0693. The molecule has 1 N–H and O–H groups in total. The Morgan fingerprint density at radius 2 is 2.25 bits per heavy atom. The number of hydrogen-bond acceptors (Lipinski definition) is 5. The Balaban J connectivity index is 1.89. The summed E-state index contributed by atoms with van der Waals surface area (Å²) >= 11 is 5.60. The van der Waals surface area contributed by atoms with E-state index in [1.165, 1.54) is 12.8 Å². The minimum absolute atomic E-state index is 0.0431. The van der Waals surface area contributed by atoms with Gasteiger partial charge in [0.2, 0.25) is 0 Å². The first-order chi connectivity index (χ1) is 9.79. The van der Waals surface area contributed by atoms with Crippen molar-refractivity contribution in [2.75, 3.05) is 30.0 Å². The largest absolute Gasteiger partial charge is 0.369 e. The van der Waals surface area contributed by atoms with E-state index in [0.29, 0.717) is 5.92 Å². The lowest BCUT2D eigenvalue weighted by atomic mass is 10.2. The van der Waals surface area contributed by atoms with Crippen LogP contribution in [-0.4, -0.2) is 34.6 Å². The third kappa shape index (κ3) is 3.28. The second-order valence-electron chi connectivity index (χ2n) is 5.27. The Morgan fingerprint density at radius 1 is 1.40 bits per heavy atom. The Kier molecular flexibility index (Phi) is 4.83. The van der Waals surface area contributed by atoms with Gasteiger partial charge in [-0.3, -0.25) is 0 Å². The van der Waals surface area contributed by atoms with Crippen LogP contribution in [0.4, 0.5) is 5.82 Å². The highest BCUT2D eigenvalue weighted by atomic mass is 79.9. The van der Waals surface area contributed by atoms with Crippen molar-refractivity contribution in [3.8, 4) is 0 Å². The second-order valence-corrected chi connectivity index (χ2v) is 7.21. The highest BCUT2D eigenvalue weighted by Crippen LogP contribution is 2.44. The smallest absolute Gasteiger partial charge is 0.160 e. The van der Waals surface area contributed by atoms with Crippen LogP contribution in [0.1, 0.15) is 49.7 Å². The molecule has 1 saturated heterocycles. The van der Waals surface area contributed by atoms with Crippen molar-refractivity contribution in [2.24, 2.45) is 0 Å². The second kappa shape index (κ2) is 6.62. The van der Waals surface area contributed by atoms with Crippen molar-refractivity contribution in [3.63, 3.8) is 0 Å². The quantitative estimate of drug-likeness (QED) is 0.869. The summed E-state index contributed by atoms with van der Waals surface area (Å²) in [6.07, 6.45) is 3.60. The number of halogens is 1. The van der Waals surface area contributed by atoms with Crippen LogP contribution in [0.2, 0.25) is 0 Å². The van der Waals surface area contributed by atoms with Crippen LogP contribution in [0.3, 0.4) is 0 Å². The first kappa shape index (κ1) is 14.6. The highest BCUT2D eigenvalue weighted by Gasteiger charge is 2.31. The normalized spacial score (nSPS) is 22.8. The van der Waals surface area contributed by atoms with Crippen LogP contribution in [0.15, 0.2) is 4.47 Å². The van der Waals surface area contributed by atoms with Gasteiger partial charge >= 0.3 is 0 Å². The number of nitrogens with zero attached hydrogens (tertiary/aromatic N) is 2. The molecule has 2 fully saturated rings. The fraction of sp³-hybridized carbons (Fsp3) is 0.714. The summed E-state index contributed by atoms with van der Waals surface area (Å²) in [5.74, 6) is 4.41. The van der Waals surface area contributed by atoms with Gasteiger partial charge in [0.15, 0.2) is 5.82 Å². The predicted octanol–water partition coefficient (Wildman–Crippen LogP) is 3.74. The van der Waals surface area contributed by atoms with Crippen molar-refractivity contribution >= 4 is 33.5 Å². The summed E-state index contributed by atoms with van der Waals surface area (Å²) < 4.78 is 6.87. The lowest BCUT2D eigenvalue weighted by Gasteiger charge is -2.22. The molecular weight excluding hydrogens is 338 g/mol. The van der Waals surface area contributed by atoms with Gasteiger partial charge in [0, 0.05) is 24.0 Å². The maximum absolute atomic E-state index is 5.83. The Hall–Kier alpha value is -0.330. The Morgan fingerprint density at radius 3 is 2.90 bits per heavy atom. The molecule has 1 aromatic rings. The fourth-order valence-corrected chi connectivity index (χ4v) is 3.73. The molecule has 110 valence electrons. The molecule has 0 radical (unpaired) electrons. The van der Waals surface area contributed by atoms with E-state index in [-0.39, 0.29) is 6.10 Å². The first-order valence-corrected chi connectivity index (χ1v) is 9.25. The van der Waals surface area contributed by atoms with Gasteiger partial charge in [0.05, 0.1) is 16.8 Å². The minimum atomic E-state index is 0.0431. The minimum Gasteiger partial charge on any atom is -0.369 e. The first-order valence-electron chi connectivity index (χ1n) is 7.30. The molecule has 0 amide bonds. The summed E-state index contributed by atoms with van der Waals surface area (Å²) in [7, 11) is 0. The number of nitrogens with one attached hydrogen (secondary N) is 1. The van der Waals surface area contributed by atoms with E-state index < -0.39 is 0 Å². The zero-order chi connectivity index (χ0) is 13.9. The maximum Gasteiger partial charge on any atom is 0.160 e. The Bertz CT molecular complexity index is 476. The molecule has 1 aromatic heterocycles. The highest BCUT2D eigenvalue weighted by molar-refractivity contribution is 9.10. The van der Waals surface area contributed by atoms with Crippen molar-refractivity contribution in [2.45, 2.75) is 38.2 Å². The molecule has 1 atom stereocenters. The fourth-order valence-electron chi connectivity index (χ4n) is 2.25. The molecule has 2 heterocycles. The summed E-state index contributed by atoms with van der Waals surface area (Å²) in [5.41, 5.74) is 1.16. The van der Waals surface area contributed by atoms with E-state index in [4.69, 9.17) is 14.7 Å². The van der Waals surface area contributed by atoms with Crippen LogP contribution in [0.25, 0.3) is 0 Å². The third-order valence-corrected chi connectivity index (χ3v) is 5.28. The lowest BCUT2D eigenvalue weighted by Crippen LogP contribution is -2.20. The van der Waals surface area contributed by atoms with Crippen molar-refractivity contribution in [3.05, 3.63) is 16.0 Å². The summed E-state index contributed by atoms with van der Waals surface area (Å²) in [5, 5.41) is 3.40. The number of thioether (sulfide) groups is 1. The average Bonchev–Trinajstić information content (AvgIpc) is 3.32. The molecule has 1 unspecified atom stereocenters.